The largest absolute Gasteiger partial charge is 0.503 e. The van der Waals surface area contributed by atoms with Gasteiger partial charge in [-0.15, -0.1) is 0 Å². The molecule has 7 heteroatoms. The number of rotatable bonds is 13. The summed E-state index contributed by atoms with van der Waals surface area (Å²) in [6.07, 6.45) is 23.2. The summed E-state index contributed by atoms with van der Waals surface area (Å²) in [6.45, 7) is 5.43. The number of ketones is 3. The summed E-state index contributed by atoms with van der Waals surface area (Å²) in [5, 5.41) is 22.1. The predicted molar refractivity (Wildman–Crippen MR) is 136 cm³/mol. The smallest absolute Gasteiger partial charge is 0.259 e. The van der Waals surface area contributed by atoms with E-state index in [-0.39, 0.29) is 18.2 Å². The van der Waals surface area contributed by atoms with Crippen molar-refractivity contribution < 1.29 is 29.4 Å². The lowest BCUT2D eigenvalue weighted by atomic mass is 9.89. The second-order valence-electron chi connectivity index (χ2n) is 7.90. The first-order valence-corrected chi connectivity index (χ1v) is 11.4. The molecule has 0 aromatic carbocycles. The first-order chi connectivity index (χ1) is 16.7. The summed E-state index contributed by atoms with van der Waals surface area (Å²) < 4.78 is 0. The van der Waals surface area contributed by atoms with E-state index in [0.29, 0.717) is 0 Å². The van der Waals surface area contributed by atoms with Crippen LogP contribution < -0.4 is 5.32 Å². The van der Waals surface area contributed by atoms with Crippen LogP contribution in [-0.4, -0.2) is 46.1 Å². The average Bonchev–Trinajstić information content (AvgIpc) is 3.19. The summed E-state index contributed by atoms with van der Waals surface area (Å²) in [5.41, 5.74) is -0.507. The highest BCUT2D eigenvalue weighted by Crippen LogP contribution is 2.17. The molecule has 1 aliphatic heterocycles. The quantitative estimate of drug-likeness (QED) is 0.161. The van der Waals surface area contributed by atoms with E-state index in [2.05, 4.69) is 5.32 Å². The Morgan fingerprint density at radius 3 is 1.74 bits per heavy atom. The van der Waals surface area contributed by atoms with Crippen LogP contribution in [0.25, 0.3) is 0 Å². The Labute approximate surface area is 206 Å². The molecule has 0 aromatic rings. The number of nitrogens with one attached hydrogen (secondary N) is 1. The van der Waals surface area contributed by atoms with E-state index in [0.717, 1.165) is 12.5 Å². The summed E-state index contributed by atoms with van der Waals surface area (Å²) >= 11 is 0. The van der Waals surface area contributed by atoms with Crippen LogP contribution in [0.3, 0.4) is 0 Å². The Morgan fingerprint density at radius 2 is 1.31 bits per heavy atom. The number of aliphatic hydroxyl groups is 2. The molecule has 1 heterocycles. The lowest BCUT2D eigenvalue weighted by Gasteiger charge is -2.21. The van der Waals surface area contributed by atoms with Crippen molar-refractivity contribution in [3.63, 3.8) is 0 Å². The topological polar surface area (TPSA) is 121 Å². The highest BCUT2D eigenvalue weighted by atomic mass is 16.3. The Kier molecular flexibility index (Phi) is 13.3. The first kappa shape index (κ1) is 29.2. The molecule has 0 aliphatic carbocycles. The number of hydrogen-bond donors (Lipinski definition) is 3. The molecule has 0 spiro atoms. The maximum atomic E-state index is 12.1. The molecule has 3 atom stereocenters. The fourth-order valence-electron chi connectivity index (χ4n) is 2.89. The molecule has 35 heavy (non-hydrogen) atoms. The van der Waals surface area contributed by atoms with Crippen LogP contribution in [0.15, 0.2) is 96.4 Å². The molecule has 186 valence electrons. The van der Waals surface area contributed by atoms with Gasteiger partial charge in [0.2, 0.25) is 5.78 Å². The van der Waals surface area contributed by atoms with Gasteiger partial charge in [0.05, 0.1) is 12.6 Å². The minimum absolute atomic E-state index is 0.0791. The molecule has 3 N–H and O–H groups in total. The van der Waals surface area contributed by atoms with Gasteiger partial charge in [-0.2, -0.15) is 0 Å². The standard InChI is InChI=1S/C28H33NO6/c1-4-20(2)26(33)21(3)22(30)17-15-13-11-9-7-5-6-8-10-12-14-16-18-23(31)27(34)25-24(32)19-29-28(25)35/h5-18,20-21,26,33-34H,4,19H2,1-3H3,(H,29,35)/b6-5+,9-7+,10-8+,13-11+,14-12+,17-15+,18-16+,27-25-. The maximum Gasteiger partial charge on any atom is 0.259 e. The van der Waals surface area contributed by atoms with E-state index >= 15 is 0 Å². The molecule has 1 fully saturated rings. The molecule has 1 saturated heterocycles. The predicted octanol–water partition coefficient (Wildman–Crippen LogP) is 3.57. The summed E-state index contributed by atoms with van der Waals surface area (Å²) in [4.78, 5) is 46.8. The molecular formula is C28H33NO6. The molecule has 0 aromatic heterocycles. The fraction of sp³-hybridized carbons (Fsp3) is 0.286. The van der Waals surface area contributed by atoms with Crippen molar-refractivity contribution in [2.24, 2.45) is 11.8 Å². The van der Waals surface area contributed by atoms with E-state index < -0.39 is 40.8 Å². The Balaban J connectivity index is 2.39. The molecule has 0 saturated carbocycles. The van der Waals surface area contributed by atoms with E-state index in [1.165, 1.54) is 12.2 Å². The van der Waals surface area contributed by atoms with Crippen LogP contribution in [0.1, 0.15) is 27.2 Å². The van der Waals surface area contributed by atoms with Gasteiger partial charge < -0.3 is 15.5 Å². The van der Waals surface area contributed by atoms with Gasteiger partial charge in [-0.25, -0.2) is 0 Å². The Bertz CT molecular complexity index is 1000. The molecule has 1 amide bonds. The maximum absolute atomic E-state index is 12.1. The van der Waals surface area contributed by atoms with Crippen LogP contribution in [0.2, 0.25) is 0 Å². The molecule has 3 unspecified atom stereocenters. The van der Waals surface area contributed by atoms with E-state index in [4.69, 9.17) is 0 Å². The number of allylic oxidation sites excluding steroid dienone is 14. The van der Waals surface area contributed by atoms with Crippen molar-refractivity contribution >= 4 is 23.3 Å². The SMILES string of the molecule is CCC(C)C(O)C(C)C(=O)/C=C/C=C/C=C/C=C/C=C/C=C/C=C/C(=O)/C(O)=C1\C(=O)CNC1=O. The lowest BCUT2D eigenvalue weighted by molar-refractivity contribution is -0.122. The third kappa shape index (κ3) is 10.3. The summed E-state index contributed by atoms with van der Waals surface area (Å²) in [7, 11) is 0. The zero-order valence-corrected chi connectivity index (χ0v) is 20.3. The summed E-state index contributed by atoms with van der Waals surface area (Å²) in [5.74, 6) is -3.50. The van der Waals surface area contributed by atoms with Crippen LogP contribution in [0, 0.1) is 11.8 Å². The monoisotopic (exact) mass is 479 g/mol. The van der Waals surface area contributed by atoms with Crippen LogP contribution >= 0.6 is 0 Å². The van der Waals surface area contributed by atoms with Gasteiger partial charge in [-0.1, -0.05) is 100 Å². The number of aliphatic hydroxyl groups excluding tert-OH is 2. The first-order valence-electron chi connectivity index (χ1n) is 11.4. The third-order valence-electron chi connectivity index (χ3n) is 5.30. The summed E-state index contributed by atoms with van der Waals surface area (Å²) in [6, 6.07) is 0. The van der Waals surface area contributed by atoms with E-state index in [1.807, 2.05) is 19.9 Å². The van der Waals surface area contributed by atoms with E-state index in [1.54, 1.807) is 67.7 Å². The second-order valence-corrected chi connectivity index (χ2v) is 7.90. The van der Waals surface area contributed by atoms with Crippen LogP contribution in [-0.2, 0) is 19.2 Å². The lowest BCUT2D eigenvalue weighted by Crippen LogP contribution is -2.30. The molecule has 7 nitrogen and oxygen atoms in total. The minimum Gasteiger partial charge on any atom is -0.503 e. The number of amides is 1. The normalized spacial score (nSPS) is 19.3. The van der Waals surface area contributed by atoms with Crippen molar-refractivity contribution in [1.82, 2.24) is 5.32 Å². The number of hydrogen-bond acceptors (Lipinski definition) is 6. The average molecular weight is 480 g/mol. The molecular weight excluding hydrogens is 446 g/mol. The minimum atomic E-state index is -0.856. The molecule has 1 rings (SSSR count). The van der Waals surface area contributed by atoms with Gasteiger partial charge in [0.15, 0.2) is 17.3 Å². The highest BCUT2D eigenvalue weighted by molar-refractivity contribution is 6.28. The van der Waals surface area contributed by atoms with Crippen LogP contribution in [0.5, 0.6) is 0 Å². The van der Waals surface area contributed by atoms with Gasteiger partial charge in [0.25, 0.3) is 5.91 Å². The molecule has 0 radical (unpaired) electrons. The Hall–Kier alpha value is -3.84. The van der Waals surface area contributed by atoms with E-state index in [9.17, 15) is 29.4 Å². The number of carbonyl (C=O) groups excluding carboxylic acids is 4. The van der Waals surface area contributed by atoms with Crippen molar-refractivity contribution in [3.8, 4) is 0 Å². The van der Waals surface area contributed by atoms with Gasteiger partial charge in [0.1, 0.15) is 5.57 Å². The number of carbonyl (C=O) groups is 4. The zero-order valence-electron chi connectivity index (χ0n) is 20.3. The number of Topliss-reactive ketones (excluding diaryl/α,β-unsaturated/α-hetero) is 1. The van der Waals surface area contributed by atoms with Crippen molar-refractivity contribution in [2.75, 3.05) is 6.54 Å². The van der Waals surface area contributed by atoms with Crippen LogP contribution in [0.4, 0.5) is 0 Å². The molecule has 0 bridgehead atoms. The molecule has 1 aliphatic rings. The van der Waals surface area contributed by atoms with Crippen molar-refractivity contribution in [1.29, 1.82) is 0 Å². The Morgan fingerprint density at radius 1 is 0.857 bits per heavy atom. The van der Waals surface area contributed by atoms with Crippen molar-refractivity contribution in [2.45, 2.75) is 33.3 Å². The van der Waals surface area contributed by atoms with Gasteiger partial charge in [-0.05, 0) is 18.1 Å². The zero-order chi connectivity index (χ0) is 26.2. The second kappa shape index (κ2) is 15.9. The van der Waals surface area contributed by atoms with Gasteiger partial charge in [-0.3, -0.25) is 19.2 Å². The highest BCUT2D eigenvalue weighted by Gasteiger charge is 2.31. The van der Waals surface area contributed by atoms with Gasteiger partial charge >= 0.3 is 0 Å². The fourth-order valence-corrected chi connectivity index (χ4v) is 2.89. The van der Waals surface area contributed by atoms with Crippen molar-refractivity contribution in [3.05, 3.63) is 96.4 Å². The van der Waals surface area contributed by atoms with Gasteiger partial charge in [0, 0.05) is 5.92 Å². The third-order valence-corrected chi connectivity index (χ3v) is 5.30.